The number of carbonyl (C=O) groups is 1. The van der Waals surface area contributed by atoms with E-state index in [0.717, 1.165) is 16.3 Å². The van der Waals surface area contributed by atoms with Gasteiger partial charge in [0.15, 0.2) is 9.84 Å². The number of sulfone groups is 1. The van der Waals surface area contributed by atoms with Crippen molar-refractivity contribution in [2.45, 2.75) is 52.0 Å². The van der Waals surface area contributed by atoms with Crippen molar-refractivity contribution in [2.75, 3.05) is 5.75 Å². The monoisotopic (exact) mass is 391 g/mol. The SMILES string of the molecule is CC(C)OC(=O)N[C@H](CS(=O)(=O)C(C)c1ccc2ccccc2c1)C(C)C. The van der Waals surface area contributed by atoms with Gasteiger partial charge in [0.1, 0.15) is 0 Å². The molecule has 0 heterocycles. The van der Waals surface area contributed by atoms with Crippen LogP contribution in [0.3, 0.4) is 0 Å². The Balaban J connectivity index is 2.19. The number of benzene rings is 2. The lowest BCUT2D eigenvalue weighted by Crippen LogP contribution is -2.44. The fourth-order valence-corrected chi connectivity index (χ4v) is 4.68. The lowest BCUT2D eigenvalue weighted by atomic mass is 10.1. The molecule has 0 radical (unpaired) electrons. The zero-order chi connectivity index (χ0) is 20.2. The Labute approximate surface area is 162 Å². The molecule has 1 N–H and O–H groups in total. The normalized spacial score (nSPS) is 14.3. The molecule has 0 saturated carbocycles. The van der Waals surface area contributed by atoms with Crippen molar-refractivity contribution < 1.29 is 17.9 Å². The van der Waals surface area contributed by atoms with Crippen LogP contribution in [0.25, 0.3) is 10.8 Å². The predicted octanol–water partition coefficient (Wildman–Crippen LogP) is 4.47. The Kier molecular flexibility index (Phi) is 6.87. The van der Waals surface area contributed by atoms with Crippen LogP contribution >= 0.6 is 0 Å². The summed E-state index contributed by atoms with van der Waals surface area (Å²) in [5, 5.41) is 4.12. The molecule has 0 spiro atoms. The second kappa shape index (κ2) is 8.74. The minimum atomic E-state index is -3.47. The lowest BCUT2D eigenvalue weighted by Gasteiger charge is -2.24. The number of rotatable bonds is 7. The van der Waals surface area contributed by atoms with Gasteiger partial charge in [0.2, 0.25) is 0 Å². The van der Waals surface area contributed by atoms with Crippen LogP contribution in [0.1, 0.15) is 45.4 Å². The summed E-state index contributed by atoms with van der Waals surface area (Å²) in [5.74, 6) is -0.172. The largest absolute Gasteiger partial charge is 0.447 e. The number of ether oxygens (including phenoxy) is 1. The summed E-state index contributed by atoms with van der Waals surface area (Å²) in [7, 11) is -3.47. The van der Waals surface area contributed by atoms with Crippen LogP contribution in [-0.2, 0) is 14.6 Å². The van der Waals surface area contributed by atoms with Crippen molar-refractivity contribution in [3.63, 3.8) is 0 Å². The van der Waals surface area contributed by atoms with Gasteiger partial charge < -0.3 is 10.1 Å². The minimum absolute atomic E-state index is 0.0386. The molecule has 2 aromatic carbocycles. The van der Waals surface area contributed by atoms with E-state index >= 15 is 0 Å². The quantitative estimate of drug-likeness (QED) is 0.755. The van der Waals surface area contributed by atoms with Crippen molar-refractivity contribution in [3.8, 4) is 0 Å². The highest BCUT2D eigenvalue weighted by molar-refractivity contribution is 7.91. The van der Waals surface area contributed by atoms with Crippen LogP contribution in [-0.4, -0.2) is 32.4 Å². The van der Waals surface area contributed by atoms with E-state index in [1.165, 1.54) is 0 Å². The molecule has 27 heavy (non-hydrogen) atoms. The first-order valence-electron chi connectivity index (χ1n) is 9.27. The Morgan fingerprint density at radius 2 is 1.63 bits per heavy atom. The summed E-state index contributed by atoms with van der Waals surface area (Å²) in [4.78, 5) is 11.9. The van der Waals surface area contributed by atoms with Gasteiger partial charge in [0.05, 0.1) is 17.1 Å². The van der Waals surface area contributed by atoms with E-state index in [0.29, 0.717) is 0 Å². The molecule has 0 aliphatic rings. The highest BCUT2D eigenvalue weighted by Gasteiger charge is 2.29. The number of alkyl carbamates (subject to hydrolysis) is 1. The maximum atomic E-state index is 13.0. The van der Waals surface area contributed by atoms with Crippen molar-refractivity contribution in [3.05, 3.63) is 48.0 Å². The number of fused-ring (bicyclic) bond motifs is 1. The molecule has 2 aromatic rings. The van der Waals surface area contributed by atoms with Gasteiger partial charge >= 0.3 is 6.09 Å². The van der Waals surface area contributed by atoms with E-state index in [1.54, 1.807) is 20.8 Å². The van der Waals surface area contributed by atoms with E-state index in [1.807, 2.05) is 56.3 Å². The fourth-order valence-electron chi connectivity index (χ4n) is 2.86. The summed E-state index contributed by atoms with van der Waals surface area (Å²) < 4.78 is 31.1. The van der Waals surface area contributed by atoms with Crippen LogP contribution in [0.5, 0.6) is 0 Å². The first-order valence-corrected chi connectivity index (χ1v) is 11.0. The molecule has 1 amide bonds. The first-order chi connectivity index (χ1) is 12.6. The summed E-state index contributed by atoms with van der Waals surface area (Å²) in [6.45, 7) is 8.97. The van der Waals surface area contributed by atoms with Crippen molar-refractivity contribution >= 4 is 26.7 Å². The van der Waals surface area contributed by atoms with Gasteiger partial charge in [-0.05, 0) is 49.1 Å². The molecule has 5 nitrogen and oxygen atoms in total. The van der Waals surface area contributed by atoms with Gasteiger partial charge in [-0.3, -0.25) is 0 Å². The van der Waals surface area contributed by atoms with Crippen molar-refractivity contribution in [2.24, 2.45) is 5.92 Å². The van der Waals surface area contributed by atoms with Crippen LogP contribution in [0, 0.1) is 5.92 Å². The van der Waals surface area contributed by atoms with Gasteiger partial charge in [-0.2, -0.15) is 0 Å². The summed E-state index contributed by atoms with van der Waals surface area (Å²) >= 11 is 0. The van der Waals surface area contributed by atoms with E-state index in [9.17, 15) is 13.2 Å². The lowest BCUT2D eigenvalue weighted by molar-refractivity contribution is 0.111. The van der Waals surface area contributed by atoms with Crippen LogP contribution in [0.4, 0.5) is 4.79 Å². The van der Waals surface area contributed by atoms with Gasteiger partial charge in [-0.15, -0.1) is 0 Å². The third kappa shape index (κ3) is 5.70. The third-order valence-electron chi connectivity index (χ3n) is 4.64. The van der Waals surface area contributed by atoms with Gasteiger partial charge in [-0.1, -0.05) is 50.2 Å². The van der Waals surface area contributed by atoms with E-state index in [4.69, 9.17) is 4.74 Å². The summed E-state index contributed by atoms with van der Waals surface area (Å²) in [5.41, 5.74) is 0.751. The topological polar surface area (TPSA) is 72.5 Å². The maximum absolute atomic E-state index is 13.0. The van der Waals surface area contributed by atoms with Crippen LogP contribution < -0.4 is 5.32 Å². The van der Waals surface area contributed by atoms with Gasteiger partial charge in [0.25, 0.3) is 0 Å². The minimum Gasteiger partial charge on any atom is -0.447 e. The molecule has 1 unspecified atom stereocenters. The molecule has 0 aliphatic carbocycles. The van der Waals surface area contributed by atoms with E-state index < -0.39 is 27.2 Å². The molecule has 0 bridgehead atoms. The highest BCUT2D eigenvalue weighted by atomic mass is 32.2. The van der Waals surface area contributed by atoms with Crippen LogP contribution in [0.2, 0.25) is 0 Å². The van der Waals surface area contributed by atoms with Crippen LogP contribution in [0.15, 0.2) is 42.5 Å². The molecule has 2 atom stereocenters. The molecule has 6 heteroatoms. The number of carbonyl (C=O) groups excluding carboxylic acids is 1. The average molecular weight is 392 g/mol. The smallest absolute Gasteiger partial charge is 0.407 e. The highest BCUT2D eigenvalue weighted by Crippen LogP contribution is 2.27. The van der Waals surface area contributed by atoms with Crippen molar-refractivity contribution in [1.29, 1.82) is 0 Å². The molecule has 0 aliphatic heterocycles. The Morgan fingerprint density at radius 3 is 2.22 bits per heavy atom. The average Bonchev–Trinajstić information content (AvgIpc) is 2.59. The van der Waals surface area contributed by atoms with Gasteiger partial charge in [0, 0.05) is 6.04 Å². The summed E-state index contributed by atoms with van der Waals surface area (Å²) in [6.07, 6.45) is -0.844. The van der Waals surface area contributed by atoms with E-state index in [-0.39, 0.29) is 17.8 Å². The first kappa shape index (κ1) is 21.2. The Bertz CT molecular complexity index is 890. The number of amides is 1. The molecule has 0 fully saturated rings. The molecule has 0 saturated heterocycles. The summed E-state index contributed by atoms with van der Waals surface area (Å²) in [6, 6.07) is 13.1. The third-order valence-corrected chi connectivity index (χ3v) is 6.82. The molecule has 148 valence electrons. The molecular weight excluding hydrogens is 362 g/mol. The Hall–Kier alpha value is -2.08. The predicted molar refractivity (Wildman–Crippen MR) is 110 cm³/mol. The zero-order valence-corrected chi connectivity index (χ0v) is 17.4. The number of hydrogen-bond donors (Lipinski definition) is 1. The Morgan fingerprint density at radius 1 is 1.00 bits per heavy atom. The zero-order valence-electron chi connectivity index (χ0n) is 16.6. The maximum Gasteiger partial charge on any atom is 0.407 e. The number of hydrogen-bond acceptors (Lipinski definition) is 4. The van der Waals surface area contributed by atoms with Crippen molar-refractivity contribution in [1.82, 2.24) is 5.32 Å². The molecule has 0 aromatic heterocycles. The second-order valence-electron chi connectivity index (χ2n) is 7.53. The molecule has 2 rings (SSSR count). The standard InChI is InChI=1S/C21H29NO4S/c1-14(2)20(22-21(23)26-15(3)4)13-27(24,25)16(5)18-11-10-17-8-6-7-9-19(17)12-18/h6-12,14-16,20H,13H2,1-5H3,(H,22,23)/t16?,20-/m1/s1. The molecular formula is C21H29NO4S. The fraction of sp³-hybridized carbons (Fsp3) is 0.476. The van der Waals surface area contributed by atoms with Gasteiger partial charge in [-0.25, -0.2) is 13.2 Å². The van der Waals surface area contributed by atoms with E-state index in [2.05, 4.69) is 5.32 Å². The second-order valence-corrected chi connectivity index (χ2v) is 9.89. The number of nitrogens with one attached hydrogen (secondary N) is 1.